The van der Waals surface area contributed by atoms with Crippen LogP contribution >= 0.6 is 23.2 Å². The molecule has 0 unspecified atom stereocenters. The molecular weight excluding hydrogens is 273 g/mol. The molecule has 1 aromatic rings. The van der Waals surface area contributed by atoms with Crippen LogP contribution in [0.5, 0.6) is 0 Å². The normalized spacial score (nSPS) is 11.5. The maximum absolute atomic E-state index is 11.6. The maximum Gasteiger partial charge on any atom is 0.335 e. The first-order valence-electron chi connectivity index (χ1n) is 5.24. The number of carbonyl (C=O) groups excluding carboxylic acids is 1. The van der Waals surface area contributed by atoms with Crippen LogP contribution in [0.25, 0.3) is 5.57 Å². The lowest BCUT2D eigenvalue weighted by molar-refractivity contribution is -0.138. The molecule has 0 heterocycles. The summed E-state index contributed by atoms with van der Waals surface area (Å²) in [5.41, 5.74) is 0.882. The average molecular weight is 284 g/mol. The Balaban J connectivity index is 3.30. The lowest BCUT2D eigenvalue weighted by Gasteiger charge is -2.07. The summed E-state index contributed by atoms with van der Waals surface area (Å²) in [5.74, 6) is -0.528. The predicted molar refractivity (Wildman–Crippen MR) is 71.3 cm³/mol. The van der Waals surface area contributed by atoms with Gasteiger partial charge in [0.15, 0.2) is 0 Å². The zero-order valence-corrected chi connectivity index (χ0v) is 11.5. The first-order chi connectivity index (χ1) is 8.51. The topological polar surface area (TPSA) is 50.1 Å². The van der Waals surface area contributed by atoms with Gasteiger partial charge in [-0.1, -0.05) is 29.3 Å². The van der Waals surface area contributed by atoms with Crippen molar-refractivity contribution in [3.05, 3.63) is 39.4 Å². The van der Waals surface area contributed by atoms with Gasteiger partial charge in [-0.05, 0) is 26.0 Å². The van der Waals surface area contributed by atoms with Gasteiger partial charge in [-0.3, -0.25) is 0 Å². The van der Waals surface area contributed by atoms with E-state index in [0.29, 0.717) is 15.6 Å². The number of ether oxygens (including phenoxy) is 1. The summed E-state index contributed by atoms with van der Waals surface area (Å²) in [4.78, 5) is 11.6. The van der Waals surface area contributed by atoms with E-state index in [0.717, 1.165) is 0 Å². The fourth-order valence-electron chi connectivity index (χ4n) is 1.38. The summed E-state index contributed by atoms with van der Waals surface area (Å²) in [6, 6.07) is 6.70. The van der Waals surface area contributed by atoms with Crippen LogP contribution in [-0.4, -0.2) is 12.6 Å². The van der Waals surface area contributed by atoms with E-state index >= 15 is 0 Å². The van der Waals surface area contributed by atoms with Crippen molar-refractivity contribution in [1.29, 1.82) is 5.26 Å². The molecule has 0 aliphatic rings. The van der Waals surface area contributed by atoms with E-state index in [1.54, 1.807) is 19.1 Å². The number of carbonyl (C=O) groups is 1. The number of esters is 1. The molecule has 94 valence electrons. The Bertz CT molecular complexity index is 544. The average Bonchev–Trinajstić information content (AvgIpc) is 2.32. The number of nitriles is 1. The molecule has 0 aromatic heterocycles. The number of rotatable bonds is 3. The SMILES string of the molecule is CCOC(=O)/C(C)=C(\C#N)c1ccc(Cl)cc1Cl. The molecule has 0 radical (unpaired) electrons. The molecular formula is C13H11Cl2NO2. The minimum Gasteiger partial charge on any atom is -0.463 e. The first-order valence-corrected chi connectivity index (χ1v) is 6.00. The van der Waals surface area contributed by atoms with Crippen molar-refractivity contribution in [3.63, 3.8) is 0 Å². The summed E-state index contributed by atoms with van der Waals surface area (Å²) >= 11 is 11.8. The highest BCUT2D eigenvalue weighted by Crippen LogP contribution is 2.28. The van der Waals surface area contributed by atoms with Crippen molar-refractivity contribution in [3.8, 4) is 6.07 Å². The molecule has 1 aromatic carbocycles. The van der Waals surface area contributed by atoms with Gasteiger partial charge in [0.1, 0.15) is 6.07 Å². The zero-order valence-electron chi connectivity index (χ0n) is 9.96. The van der Waals surface area contributed by atoms with Gasteiger partial charge in [-0.25, -0.2) is 4.79 Å². The van der Waals surface area contributed by atoms with E-state index in [-0.39, 0.29) is 17.8 Å². The summed E-state index contributed by atoms with van der Waals surface area (Å²) in [5, 5.41) is 9.94. The van der Waals surface area contributed by atoms with Crippen LogP contribution < -0.4 is 0 Å². The van der Waals surface area contributed by atoms with Gasteiger partial charge < -0.3 is 4.74 Å². The summed E-state index contributed by atoms with van der Waals surface area (Å²) in [7, 11) is 0. The van der Waals surface area contributed by atoms with Crippen molar-refractivity contribution in [2.75, 3.05) is 6.61 Å². The number of hydrogen-bond donors (Lipinski definition) is 0. The highest BCUT2D eigenvalue weighted by molar-refractivity contribution is 6.36. The zero-order chi connectivity index (χ0) is 13.7. The van der Waals surface area contributed by atoms with E-state index in [1.165, 1.54) is 13.0 Å². The molecule has 18 heavy (non-hydrogen) atoms. The molecule has 0 fully saturated rings. The second kappa shape index (κ2) is 6.44. The Hall–Kier alpha value is -1.50. The fraction of sp³-hybridized carbons (Fsp3) is 0.231. The third-order valence-electron chi connectivity index (χ3n) is 2.27. The Morgan fingerprint density at radius 1 is 1.44 bits per heavy atom. The molecule has 0 aliphatic carbocycles. The van der Waals surface area contributed by atoms with E-state index < -0.39 is 5.97 Å². The Kier molecular flexibility index (Phi) is 5.21. The van der Waals surface area contributed by atoms with Gasteiger partial charge in [0.2, 0.25) is 0 Å². The molecule has 3 nitrogen and oxygen atoms in total. The van der Waals surface area contributed by atoms with Crippen LogP contribution in [0.4, 0.5) is 0 Å². The molecule has 0 N–H and O–H groups in total. The molecule has 0 amide bonds. The minimum atomic E-state index is -0.528. The first kappa shape index (κ1) is 14.6. The largest absolute Gasteiger partial charge is 0.463 e. The van der Waals surface area contributed by atoms with Crippen molar-refractivity contribution in [2.24, 2.45) is 0 Å². The van der Waals surface area contributed by atoms with Crippen molar-refractivity contribution < 1.29 is 9.53 Å². The van der Waals surface area contributed by atoms with Gasteiger partial charge in [-0.2, -0.15) is 5.26 Å². The van der Waals surface area contributed by atoms with E-state index in [4.69, 9.17) is 33.2 Å². The van der Waals surface area contributed by atoms with Crippen molar-refractivity contribution in [2.45, 2.75) is 13.8 Å². The second-order valence-electron chi connectivity index (χ2n) is 3.46. The number of allylic oxidation sites excluding steroid dienone is 1. The van der Waals surface area contributed by atoms with E-state index in [2.05, 4.69) is 0 Å². The molecule has 0 bridgehead atoms. The van der Waals surface area contributed by atoms with Gasteiger partial charge in [0.25, 0.3) is 0 Å². The lowest BCUT2D eigenvalue weighted by atomic mass is 10.0. The molecule has 5 heteroatoms. The number of hydrogen-bond acceptors (Lipinski definition) is 3. The Morgan fingerprint density at radius 3 is 2.61 bits per heavy atom. The van der Waals surface area contributed by atoms with Crippen LogP contribution in [0.15, 0.2) is 23.8 Å². The quantitative estimate of drug-likeness (QED) is 0.481. The lowest BCUT2D eigenvalue weighted by Crippen LogP contribution is -2.07. The Morgan fingerprint density at radius 2 is 2.11 bits per heavy atom. The monoisotopic (exact) mass is 283 g/mol. The highest BCUT2D eigenvalue weighted by atomic mass is 35.5. The molecule has 0 spiro atoms. The van der Waals surface area contributed by atoms with Crippen LogP contribution in [0, 0.1) is 11.3 Å². The van der Waals surface area contributed by atoms with Crippen molar-refractivity contribution in [1.82, 2.24) is 0 Å². The molecule has 0 aliphatic heterocycles. The van der Waals surface area contributed by atoms with Gasteiger partial charge in [0, 0.05) is 10.6 Å². The second-order valence-corrected chi connectivity index (χ2v) is 4.30. The minimum absolute atomic E-state index is 0.190. The fourth-order valence-corrected chi connectivity index (χ4v) is 1.88. The molecule has 0 atom stereocenters. The van der Waals surface area contributed by atoms with Gasteiger partial charge in [-0.15, -0.1) is 0 Å². The van der Waals surface area contributed by atoms with Crippen LogP contribution in [0.2, 0.25) is 10.0 Å². The number of benzene rings is 1. The van der Waals surface area contributed by atoms with Gasteiger partial charge >= 0.3 is 5.97 Å². The summed E-state index contributed by atoms with van der Waals surface area (Å²) in [6.45, 7) is 3.48. The van der Waals surface area contributed by atoms with Crippen LogP contribution in [0.3, 0.4) is 0 Å². The highest BCUT2D eigenvalue weighted by Gasteiger charge is 2.15. The van der Waals surface area contributed by atoms with Crippen molar-refractivity contribution >= 4 is 34.7 Å². The molecule has 1 rings (SSSR count). The summed E-state index contributed by atoms with van der Waals surface area (Å²) < 4.78 is 4.85. The third kappa shape index (κ3) is 3.25. The molecule has 0 saturated heterocycles. The standard InChI is InChI=1S/C13H11Cl2NO2/c1-3-18-13(17)8(2)11(7-16)10-5-4-9(14)6-12(10)15/h4-6H,3H2,1-2H3/b11-8+. The predicted octanol–water partition coefficient (Wildman–Crippen LogP) is 3.85. The molecule has 0 saturated carbocycles. The smallest absolute Gasteiger partial charge is 0.335 e. The summed E-state index contributed by atoms with van der Waals surface area (Å²) in [6.07, 6.45) is 0. The van der Waals surface area contributed by atoms with Gasteiger partial charge in [0.05, 0.1) is 22.8 Å². The Labute approximate surface area is 116 Å². The van der Waals surface area contributed by atoms with Crippen LogP contribution in [-0.2, 0) is 9.53 Å². The van der Waals surface area contributed by atoms with Crippen LogP contribution in [0.1, 0.15) is 19.4 Å². The maximum atomic E-state index is 11.6. The van der Waals surface area contributed by atoms with E-state index in [1.807, 2.05) is 6.07 Å². The number of halogens is 2. The van der Waals surface area contributed by atoms with E-state index in [9.17, 15) is 4.79 Å². The number of nitrogens with zero attached hydrogens (tertiary/aromatic N) is 1. The third-order valence-corrected chi connectivity index (χ3v) is 2.82.